The number of benzene rings is 3. The van der Waals surface area contributed by atoms with E-state index in [0.717, 1.165) is 55.9 Å². The van der Waals surface area contributed by atoms with E-state index < -0.39 is 5.60 Å². The maximum atomic E-state index is 12.9. The molecule has 2 unspecified atom stereocenters. The average molecular weight is 589 g/mol. The van der Waals surface area contributed by atoms with Crippen molar-refractivity contribution >= 4 is 26.8 Å². The van der Waals surface area contributed by atoms with E-state index in [0.29, 0.717) is 12.3 Å². The molecule has 1 saturated heterocycles. The van der Waals surface area contributed by atoms with Crippen LogP contribution >= 0.6 is 15.9 Å². The van der Waals surface area contributed by atoms with E-state index in [2.05, 4.69) is 59.4 Å². The first-order valence-corrected chi connectivity index (χ1v) is 15.0. The van der Waals surface area contributed by atoms with Gasteiger partial charge in [-0.1, -0.05) is 76.6 Å². The van der Waals surface area contributed by atoms with Gasteiger partial charge in [0.1, 0.15) is 5.60 Å². The van der Waals surface area contributed by atoms with Crippen molar-refractivity contribution in [3.63, 3.8) is 0 Å². The van der Waals surface area contributed by atoms with Gasteiger partial charge in [-0.05, 0) is 73.9 Å². The highest BCUT2D eigenvalue weighted by Crippen LogP contribution is 2.48. The molecule has 0 amide bonds. The molecule has 204 valence electrons. The summed E-state index contributed by atoms with van der Waals surface area (Å²) in [6, 6.07) is 28.8. The summed E-state index contributed by atoms with van der Waals surface area (Å²) in [6.45, 7) is 3.70. The Morgan fingerprint density at radius 3 is 2.31 bits per heavy atom. The first-order valence-electron chi connectivity index (χ1n) is 14.2. The number of piperidine rings is 1. The Morgan fingerprint density at radius 2 is 1.62 bits per heavy atom. The van der Waals surface area contributed by atoms with E-state index in [1.807, 2.05) is 48.5 Å². The molecule has 0 saturated carbocycles. The minimum Gasteiger partial charge on any atom is -0.481 e. The van der Waals surface area contributed by atoms with Crippen molar-refractivity contribution < 1.29 is 14.3 Å². The van der Waals surface area contributed by atoms with Gasteiger partial charge in [-0.2, -0.15) is 0 Å². The number of methoxy groups -OCH3 is 1. The van der Waals surface area contributed by atoms with Crippen LogP contribution in [0.5, 0.6) is 5.88 Å². The highest BCUT2D eigenvalue weighted by Gasteiger charge is 2.42. The molecule has 4 aromatic rings. The number of hydrogen-bond donors (Lipinski definition) is 1. The summed E-state index contributed by atoms with van der Waals surface area (Å²) < 4.78 is 8.05. The second-order valence-electron chi connectivity index (χ2n) is 11.4. The molecule has 2 atom stereocenters. The second kappa shape index (κ2) is 12.2. The van der Waals surface area contributed by atoms with Crippen LogP contribution in [0.2, 0.25) is 0 Å². The van der Waals surface area contributed by atoms with Gasteiger partial charge >= 0.3 is 0 Å². The highest BCUT2D eigenvalue weighted by molar-refractivity contribution is 9.10. The molecular weight excluding hydrogens is 548 g/mol. The zero-order valence-corrected chi connectivity index (χ0v) is 24.7. The van der Waals surface area contributed by atoms with Crippen LogP contribution in [0.15, 0.2) is 89.4 Å². The Kier molecular flexibility index (Phi) is 8.70. The fourth-order valence-electron chi connectivity index (χ4n) is 6.44. The van der Waals surface area contributed by atoms with Crippen LogP contribution in [0.4, 0.5) is 0 Å². The summed E-state index contributed by atoms with van der Waals surface area (Å²) in [7, 11) is 4.07. The van der Waals surface area contributed by atoms with Gasteiger partial charge in [0, 0.05) is 21.3 Å². The van der Waals surface area contributed by atoms with Gasteiger partial charge in [0.15, 0.2) is 0 Å². The molecule has 1 aliphatic rings. The van der Waals surface area contributed by atoms with Crippen molar-refractivity contribution in [2.75, 3.05) is 33.8 Å². The number of hydrogen-bond acceptors (Lipinski definition) is 3. The smallest absolute Gasteiger partial charge is 0.217 e. The van der Waals surface area contributed by atoms with Gasteiger partial charge in [0.25, 0.3) is 0 Å². The first kappa shape index (κ1) is 27.8. The van der Waals surface area contributed by atoms with Crippen LogP contribution in [-0.4, -0.2) is 48.4 Å². The molecule has 5 heteroatoms. The number of likely N-dealkylation sites (tertiary alicyclic amines) is 1. The SMILES string of the molecule is COc1nc2ccc(Br)cc2cc1C(c1ccccc1)C(O)(CCCC[N+]1(C)CCCCC1)c1ccccc1. The summed E-state index contributed by atoms with van der Waals surface area (Å²) in [5.41, 5.74) is 2.60. The predicted molar refractivity (Wildman–Crippen MR) is 163 cm³/mol. The minimum atomic E-state index is -1.14. The highest BCUT2D eigenvalue weighted by atomic mass is 79.9. The van der Waals surface area contributed by atoms with Gasteiger partial charge in [0.2, 0.25) is 5.88 Å². The fraction of sp³-hybridized carbons (Fsp3) is 0.382. The number of nitrogens with zero attached hydrogens (tertiary/aromatic N) is 2. The summed E-state index contributed by atoms with van der Waals surface area (Å²) in [5.74, 6) is 0.200. The minimum absolute atomic E-state index is 0.355. The maximum Gasteiger partial charge on any atom is 0.217 e. The molecule has 0 aliphatic carbocycles. The molecule has 0 bridgehead atoms. The lowest BCUT2D eigenvalue weighted by molar-refractivity contribution is -0.914. The molecule has 1 fully saturated rings. The number of ether oxygens (including phenoxy) is 1. The van der Waals surface area contributed by atoms with Crippen LogP contribution in [0, 0.1) is 0 Å². The predicted octanol–water partition coefficient (Wildman–Crippen LogP) is 7.83. The van der Waals surface area contributed by atoms with Gasteiger partial charge < -0.3 is 14.3 Å². The quantitative estimate of drug-likeness (QED) is 0.152. The lowest BCUT2D eigenvalue weighted by Gasteiger charge is -2.40. The molecule has 5 rings (SSSR count). The van der Waals surface area contributed by atoms with E-state index in [-0.39, 0.29) is 5.92 Å². The standard InChI is InChI=1S/C34H40BrN2O2/c1-37(21-11-5-12-22-37)23-13-10-20-34(38,28-16-8-4-9-17-28)32(26-14-6-3-7-15-26)30-25-27-24-29(35)18-19-31(27)36-33(30)39-2/h3-4,6-9,14-19,24-25,32,38H,5,10-13,20-23H2,1-2H3/q+1. The number of halogens is 1. The molecule has 0 spiro atoms. The second-order valence-corrected chi connectivity index (χ2v) is 12.3. The van der Waals surface area contributed by atoms with Gasteiger partial charge in [-0.3, -0.25) is 0 Å². The number of unbranched alkanes of at least 4 members (excludes halogenated alkanes) is 1. The zero-order valence-electron chi connectivity index (χ0n) is 23.2. The molecule has 1 aliphatic heterocycles. The molecule has 1 N–H and O–H groups in total. The van der Waals surface area contributed by atoms with Crippen molar-refractivity contribution in [1.82, 2.24) is 4.98 Å². The number of pyridine rings is 1. The number of rotatable bonds is 10. The summed E-state index contributed by atoms with van der Waals surface area (Å²) in [4.78, 5) is 4.90. The Labute approximate surface area is 241 Å². The van der Waals surface area contributed by atoms with Crippen LogP contribution in [0.25, 0.3) is 10.9 Å². The van der Waals surface area contributed by atoms with Crippen molar-refractivity contribution in [2.45, 2.75) is 50.0 Å². The normalized spacial score (nSPS) is 17.4. The molecule has 2 heterocycles. The Hall–Kier alpha value is -2.73. The van der Waals surface area contributed by atoms with Crippen LogP contribution < -0.4 is 4.74 Å². The molecule has 0 radical (unpaired) electrons. The Balaban J connectivity index is 1.58. The fourth-order valence-corrected chi connectivity index (χ4v) is 6.82. The van der Waals surface area contributed by atoms with Gasteiger partial charge in [0.05, 0.1) is 39.3 Å². The van der Waals surface area contributed by atoms with Crippen molar-refractivity contribution in [2.24, 2.45) is 0 Å². The number of quaternary nitrogens is 1. The third-order valence-corrected chi connectivity index (χ3v) is 9.05. The van der Waals surface area contributed by atoms with Crippen molar-refractivity contribution in [3.8, 4) is 5.88 Å². The van der Waals surface area contributed by atoms with E-state index in [1.54, 1.807) is 7.11 Å². The monoisotopic (exact) mass is 587 g/mol. The summed E-state index contributed by atoms with van der Waals surface area (Å²) >= 11 is 3.62. The molecule has 39 heavy (non-hydrogen) atoms. The van der Waals surface area contributed by atoms with E-state index in [4.69, 9.17) is 9.72 Å². The lowest BCUT2D eigenvalue weighted by atomic mass is 9.71. The van der Waals surface area contributed by atoms with Crippen LogP contribution in [0.1, 0.15) is 61.1 Å². The van der Waals surface area contributed by atoms with Crippen molar-refractivity contribution in [1.29, 1.82) is 0 Å². The zero-order chi connectivity index (χ0) is 27.3. The maximum absolute atomic E-state index is 12.9. The number of aliphatic hydroxyl groups is 1. The van der Waals surface area contributed by atoms with Crippen LogP contribution in [0.3, 0.4) is 0 Å². The number of fused-ring (bicyclic) bond motifs is 1. The van der Waals surface area contributed by atoms with E-state index in [1.165, 1.54) is 32.4 Å². The topological polar surface area (TPSA) is 42.4 Å². The summed E-state index contributed by atoms with van der Waals surface area (Å²) in [5, 5.41) is 13.9. The van der Waals surface area contributed by atoms with E-state index >= 15 is 0 Å². The van der Waals surface area contributed by atoms with Gasteiger partial charge in [-0.15, -0.1) is 0 Å². The van der Waals surface area contributed by atoms with Gasteiger partial charge in [-0.25, -0.2) is 4.98 Å². The van der Waals surface area contributed by atoms with Crippen LogP contribution in [-0.2, 0) is 5.60 Å². The third kappa shape index (κ3) is 6.21. The summed E-state index contributed by atoms with van der Waals surface area (Å²) in [6.07, 6.45) is 6.69. The molecule has 3 aromatic carbocycles. The number of aromatic nitrogens is 1. The largest absolute Gasteiger partial charge is 0.481 e. The lowest BCUT2D eigenvalue weighted by Crippen LogP contribution is -2.48. The Morgan fingerprint density at radius 1 is 0.923 bits per heavy atom. The Bertz CT molecular complexity index is 1370. The average Bonchev–Trinajstić information content (AvgIpc) is 2.96. The van der Waals surface area contributed by atoms with Crippen molar-refractivity contribution in [3.05, 3.63) is 106 Å². The molecule has 1 aromatic heterocycles. The first-order chi connectivity index (χ1) is 18.9. The molecule has 4 nitrogen and oxygen atoms in total. The third-order valence-electron chi connectivity index (χ3n) is 8.56. The molecular formula is C34H40BrN2O2+. The van der Waals surface area contributed by atoms with E-state index in [9.17, 15) is 5.11 Å².